The van der Waals surface area contributed by atoms with Gasteiger partial charge in [-0.25, -0.2) is 13.4 Å². The number of nitrogens with one attached hydrogen (secondary N) is 1. The molecule has 0 atom stereocenters. The molecule has 2 aromatic rings. The van der Waals surface area contributed by atoms with Crippen LogP contribution in [-0.4, -0.2) is 47.3 Å². The minimum absolute atomic E-state index is 0.119. The van der Waals surface area contributed by atoms with Crippen LogP contribution in [0, 0.1) is 6.92 Å². The second kappa shape index (κ2) is 10.0. The molecule has 0 unspecified atom stereocenters. The number of imidazole rings is 1. The maximum Gasteiger partial charge on any atom is 0.243 e. The number of sulfonamides is 1. The van der Waals surface area contributed by atoms with Gasteiger partial charge in [-0.2, -0.15) is 4.31 Å². The van der Waals surface area contributed by atoms with E-state index in [4.69, 9.17) is 0 Å². The number of carbonyl (C=O) groups excluding carboxylic acids is 1. The van der Waals surface area contributed by atoms with Crippen molar-refractivity contribution < 1.29 is 13.2 Å². The second-order valence-corrected chi connectivity index (χ2v) is 9.55. The van der Waals surface area contributed by atoms with Crippen molar-refractivity contribution in [3.05, 3.63) is 48.5 Å². The molecule has 0 radical (unpaired) electrons. The minimum atomic E-state index is -3.72. The molecule has 3 rings (SSSR count). The molecule has 1 saturated carbocycles. The molecule has 8 heteroatoms. The van der Waals surface area contributed by atoms with Gasteiger partial charge in [0.25, 0.3) is 0 Å². The van der Waals surface area contributed by atoms with E-state index in [2.05, 4.69) is 10.3 Å². The van der Waals surface area contributed by atoms with Crippen LogP contribution in [0.15, 0.2) is 47.9 Å². The largest absolute Gasteiger partial charge is 0.355 e. The molecule has 1 aliphatic rings. The fraction of sp³-hybridized carbons (Fsp3) is 0.524. The van der Waals surface area contributed by atoms with Crippen molar-refractivity contribution in [3.8, 4) is 0 Å². The van der Waals surface area contributed by atoms with Crippen molar-refractivity contribution in [1.82, 2.24) is 19.2 Å². The third kappa shape index (κ3) is 5.90. The molecule has 1 heterocycles. The Hall–Kier alpha value is -2.19. The fourth-order valence-electron chi connectivity index (χ4n) is 3.73. The van der Waals surface area contributed by atoms with E-state index in [1.54, 1.807) is 36.8 Å². The molecular formula is C21H30N4O3S. The molecule has 0 bridgehead atoms. The number of aromatic nitrogens is 2. The maximum absolute atomic E-state index is 13.3. The van der Waals surface area contributed by atoms with E-state index in [-0.39, 0.29) is 23.4 Å². The zero-order valence-electron chi connectivity index (χ0n) is 17.0. The first kappa shape index (κ1) is 21.5. The van der Waals surface area contributed by atoms with Crippen LogP contribution in [0.3, 0.4) is 0 Å². The molecule has 1 aromatic heterocycles. The number of carbonyl (C=O) groups is 1. The van der Waals surface area contributed by atoms with Crippen molar-refractivity contribution in [2.45, 2.75) is 62.9 Å². The number of amides is 1. The van der Waals surface area contributed by atoms with Gasteiger partial charge in [-0.1, -0.05) is 37.0 Å². The Morgan fingerprint density at radius 2 is 1.93 bits per heavy atom. The van der Waals surface area contributed by atoms with Crippen LogP contribution in [0.5, 0.6) is 0 Å². The molecule has 0 spiro atoms. The van der Waals surface area contributed by atoms with Crippen molar-refractivity contribution in [1.29, 1.82) is 0 Å². The Morgan fingerprint density at radius 1 is 1.21 bits per heavy atom. The van der Waals surface area contributed by atoms with Gasteiger partial charge in [-0.05, 0) is 38.3 Å². The quantitative estimate of drug-likeness (QED) is 0.635. The molecule has 7 nitrogen and oxygen atoms in total. The van der Waals surface area contributed by atoms with Gasteiger partial charge in [0.2, 0.25) is 15.9 Å². The first-order valence-electron chi connectivity index (χ1n) is 10.3. The highest BCUT2D eigenvalue weighted by Crippen LogP contribution is 2.27. The van der Waals surface area contributed by atoms with Gasteiger partial charge in [-0.15, -0.1) is 0 Å². The number of hydrogen-bond acceptors (Lipinski definition) is 4. The van der Waals surface area contributed by atoms with Crippen molar-refractivity contribution in [2.24, 2.45) is 0 Å². The lowest BCUT2D eigenvalue weighted by molar-refractivity contribution is -0.121. The zero-order valence-corrected chi connectivity index (χ0v) is 17.8. The molecule has 158 valence electrons. The van der Waals surface area contributed by atoms with Gasteiger partial charge >= 0.3 is 0 Å². The second-order valence-electron chi connectivity index (χ2n) is 7.66. The number of aryl methyl sites for hydroxylation is 2. The number of rotatable bonds is 9. The van der Waals surface area contributed by atoms with Crippen LogP contribution in [-0.2, 0) is 21.4 Å². The van der Waals surface area contributed by atoms with Crippen molar-refractivity contribution in [2.75, 3.05) is 13.1 Å². The van der Waals surface area contributed by atoms with Crippen LogP contribution >= 0.6 is 0 Å². The Kier molecular flexibility index (Phi) is 7.44. The predicted molar refractivity (Wildman–Crippen MR) is 112 cm³/mol. The summed E-state index contributed by atoms with van der Waals surface area (Å²) >= 11 is 0. The SMILES string of the molecule is Cc1ccc(S(=O)(=O)N(CC(=O)NCCCn2ccnc2)C2CCCCC2)cc1. The van der Waals surface area contributed by atoms with Crippen LogP contribution in [0.1, 0.15) is 44.1 Å². The molecule has 29 heavy (non-hydrogen) atoms. The molecule has 1 fully saturated rings. The van der Waals surface area contributed by atoms with Gasteiger partial charge in [0.15, 0.2) is 0 Å². The van der Waals surface area contributed by atoms with E-state index in [1.165, 1.54) is 4.31 Å². The van der Waals surface area contributed by atoms with Crippen LogP contribution in [0.4, 0.5) is 0 Å². The Balaban J connectivity index is 1.64. The van der Waals surface area contributed by atoms with Gasteiger partial charge in [0.05, 0.1) is 17.8 Å². The summed E-state index contributed by atoms with van der Waals surface area (Å²) in [5.74, 6) is -0.253. The average Bonchev–Trinajstić information content (AvgIpc) is 3.24. The summed E-state index contributed by atoms with van der Waals surface area (Å²) in [6.45, 7) is 3.05. The van der Waals surface area contributed by atoms with E-state index in [1.807, 2.05) is 17.7 Å². The smallest absolute Gasteiger partial charge is 0.243 e. The highest BCUT2D eigenvalue weighted by Gasteiger charge is 2.33. The third-order valence-corrected chi connectivity index (χ3v) is 7.30. The molecule has 1 N–H and O–H groups in total. The topological polar surface area (TPSA) is 84.3 Å². The third-order valence-electron chi connectivity index (χ3n) is 5.38. The number of benzene rings is 1. The normalized spacial score (nSPS) is 15.5. The summed E-state index contributed by atoms with van der Waals surface area (Å²) in [4.78, 5) is 16.8. The monoisotopic (exact) mass is 418 g/mol. The average molecular weight is 419 g/mol. The highest BCUT2D eigenvalue weighted by molar-refractivity contribution is 7.89. The summed E-state index contributed by atoms with van der Waals surface area (Å²) in [7, 11) is -3.72. The molecule has 1 aliphatic carbocycles. The van der Waals surface area contributed by atoms with E-state index in [0.717, 1.165) is 50.6 Å². The summed E-state index contributed by atoms with van der Waals surface area (Å²) in [6.07, 6.45) is 10.8. The van der Waals surface area contributed by atoms with Crippen molar-refractivity contribution in [3.63, 3.8) is 0 Å². The Labute approximate surface area is 173 Å². The summed E-state index contributed by atoms with van der Waals surface area (Å²) in [6, 6.07) is 6.73. The summed E-state index contributed by atoms with van der Waals surface area (Å²) in [5.41, 5.74) is 1.00. The van der Waals surface area contributed by atoms with E-state index < -0.39 is 10.0 Å². The lowest BCUT2D eigenvalue weighted by Crippen LogP contribution is -2.47. The number of nitrogens with zero attached hydrogens (tertiary/aromatic N) is 3. The van der Waals surface area contributed by atoms with E-state index in [9.17, 15) is 13.2 Å². The molecule has 1 aromatic carbocycles. The molecule has 0 aliphatic heterocycles. The Morgan fingerprint density at radius 3 is 2.59 bits per heavy atom. The molecular weight excluding hydrogens is 388 g/mol. The Bertz CT molecular complexity index is 873. The first-order chi connectivity index (χ1) is 14.0. The van der Waals surface area contributed by atoms with Gasteiger partial charge in [-0.3, -0.25) is 4.79 Å². The lowest BCUT2D eigenvalue weighted by atomic mass is 9.95. The molecule has 1 amide bonds. The van der Waals surface area contributed by atoms with E-state index in [0.29, 0.717) is 6.54 Å². The number of hydrogen-bond donors (Lipinski definition) is 1. The van der Waals surface area contributed by atoms with E-state index >= 15 is 0 Å². The standard InChI is InChI=1S/C21H30N4O3S/c1-18-8-10-20(11-9-18)29(27,28)25(19-6-3-2-4-7-19)16-21(26)23-12-5-14-24-15-13-22-17-24/h8-11,13,15,17,19H,2-7,12,14,16H2,1H3,(H,23,26). The minimum Gasteiger partial charge on any atom is -0.355 e. The summed E-state index contributed by atoms with van der Waals surface area (Å²) < 4.78 is 30.0. The lowest BCUT2D eigenvalue weighted by Gasteiger charge is -2.33. The zero-order chi connectivity index (χ0) is 20.7. The van der Waals surface area contributed by atoms with Crippen LogP contribution in [0.2, 0.25) is 0 Å². The highest BCUT2D eigenvalue weighted by atomic mass is 32.2. The molecule has 0 saturated heterocycles. The maximum atomic E-state index is 13.3. The van der Waals surface area contributed by atoms with Crippen LogP contribution in [0.25, 0.3) is 0 Å². The summed E-state index contributed by atoms with van der Waals surface area (Å²) in [5, 5.41) is 2.87. The predicted octanol–water partition coefficient (Wildman–Crippen LogP) is 2.72. The van der Waals surface area contributed by atoms with Crippen LogP contribution < -0.4 is 5.32 Å². The fourth-order valence-corrected chi connectivity index (χ4v) is 5.37. The first-order valence-corrected chi connectivity index (χ1v) is 11.7. The van der Waals surface area contributed by atoms with Gasteiger partial charge < -0.3 is 9.88 Å². The van der Waals surface area contributed by atoms with Crippen molar-refractivity contribution >= 4 is 15.9 Å². The van der Waals surface area contributed by atoms with Gasteiger partial charge in [0.1, 0.15) is 0 Å². The van der Waals surface area contributed by atoms with Gasteiger partial charge in [0, 0.05) is 31.5 Å².